The SMILES string of the molecule is Cc1ncc2c(n1)CCN(Cc1ccc3ccccc3n1)C2. The Bertz CT molecular complexity index is 828. The highest BCUT2D eigenvalue weighted by Crippen LogP contribution is 2.19. The summed E-state index contributed by atoms with van der Waals surface area (Å²) in [5.74, 6) is 0.864. The lowest BCUT2D eigenvalue weighted by atomic mass is 10.1. The van der Waals surface area contributed by atoms with Crippen LogP contribution in [0.15, 0.2) is 42.6 Å². The molecule has 0 atom stereocenters. The molecule has 22 heavy (non-hydrogen) atoms. The second kappa shape index (κ2) is 5.46. The first-order valence-electron chi connectivity index (χ1n) is 7.66. The van der Waals surface area contributed by atoms with E-state index in [1.165, 1.54) is 16.6 Å². The summed E-state index contributed by atoms with van der Waals surface area (Å²) in [7, 11) is 0. The number of pyridine rings is 1. The van der Waals surface area contributed by atoms with Crippen LogP contribution in [0, 0.1) is 6.92 Å². The van der Waals surface area contributed by atoms with E-state index in [2.05, 4.69) is 39.1 Å². The molecule has 0 saturated carbocycles. The molecule has 0 spiro atoms. The molecule has 110 valence electrons. The number of aryl methyl sites for hydroxylation is 1. The summed E-state index contributed by atoms with van der Waals surface area (Å²) in [4.78, 5) is 16.0. The van der Waals surface area contributed by atoms with Crippen molar-refractivity contribution in [3.8, 4) is 0 Å². The number of nitrogens with zero attached hydrogens (tertiary/aromatic N) is 4. The number of benzene rings is 1. The van der Waals surface area contributed by atoms with Crippen LogP contribution in [0.5, 0.6) is 0 Å². The molecule has 0 radical (unpaired) electrons. The Morgan fingerprint density at radius 2 is 2.00 bits per heavy atom. The molecule has 1 aliphatic heterocycles. The molecule has 3 heterocycles. The van der Waals surface area contributed by atoms with Crippen molar-refractivity contribution in [1.82, 2.24) is 19.9 Å². The van der Waals surface area contributed by atoms with Gasteiger partial charge in [-0.2, -0.15) is 0 Å². The van der Waals surface area contributed by atoms with Crippen LogP contribution >= 0.6 is 0 Å². The van der Waals surface area contributed by atoms with Crippen LogP contribution in [-0.4, -0.2) is 26.4 Å². The maximum absolute atomic E-state index is 4.77. The van der Waals surface area contributed by atoms with Crippen molar-refractivity contribution in [2.24, 2.45) is 0 Å². The number of para-hydroxylation sites is 1. The van der Waals surface area contributed by atoms with E-state index in [1.807, 2.05) is 25.3 Å². The molecule has 3 aromatic rings. The average Bonchev–Trinajstić information content (AvgIpc) is 2.55. The first-order chi connectivity index (χ1) is 10.8. The molecule has 0 unspecified atom stereocenters. The van der Waals surface area contributed by atoms with Crippen molar-refractivity contribution < 1.29 is 0 Å². The smallest absolute Gasteiger partial charge is 0.125 e. The zero-order valence-corrected chi connectivity index (χ0v) is 12.7. The summed E-state index contributed by atoms with van der Waals surface area (Å²) >= 11 is 0. The van der Waals surface area contributed by atoms with Gasteiger partial charge in [-0.1, -0.05) is 24.3 Å². The Morgan fingerprint density at radius 3 is 2.95 bits per heavy atom. The van der Waals surface area contributed by atoms with E-state index < -0.39 is 0 Å². The quantitative estimate of drug-likeness (QED) is 0.728. The number of rotatable bonds is 2. The Balaban J connectivity index is 1.54. The normalized spacial score (nSPS) is 15.0. The third kappa shape index (κ3) is 2.57. The summed E-state index contributed by atoms with van der Waals surface area (Å²) in [6.07, 6.45) is 2.96. The van der Waals surface area contributed by atoms with E-state index in [-0.39, 0.29) is 0 Å². The summed E-state index contributed by atoms with van der Waals surface area (Å²) < 4.78 is 0. The lowest BCUT2D eigenvalue weighted by Gasteiger charge is -2.27. The van der Waals surface area contributed by atoms with Gasteiger partial charge in [0.1, 0.15) is 5.82 Å². The van der Waals surface area contributed by atoms with Crippen LogP contribution in [0.2, 0.25) is 0 Å². The lowest BCUT2D eigenvalue weighted by molar-refractivity contribution is 0.240. The zero-order valence-electron chi connectivity index (χ0n) is 12.7. The minimum atomic E-state index is 0.864. The second-order valence-electron chi connectivity index (χ2n) is 5.85. The van der Waals surface area contributed by atoms with Gasteiger partial charge in [-0.25, -0.2) is 9.97 Å². The van der Waals surface area contributed by atoms with Gasteiger partial charge in [0.2, 0.25) is 0 Å². The molecule has 1 aromatic carbocycles. The molecule has 0 amide bonds. The molecule has 4 nitrogen and oxygen atoms in total. The van der Waals surface area contributed by atoms with Gasteiger partial charge in [-0.05, 0) is 19.1 Å². The molecule has 0 N–H and O–H groups in total. The molecule has 4 rings (SSSR count). The molecule has 0 saturated heterocycles. The molecule has 4 heteroatoms. The highest BCUT2D eigenvalue weighted by Gasteiger charge is 2.18. The van der Waals surface area contributed by atoms with Crippen molar-refractivity contribution in [3.63, 3.8) is 0 Å². The number of hydrogen-bond acceptors (Lipinski definition) is 4. The molecular formula is C18H18N4. The van der Waals surface area contributed by atoms with Crippen molar-refractivity contribution in [3.05, 3.63) is 65.4 Å². The highest BCUT2D eigenvalue weighted by molar-refractivity contribution is 5.78. The Labute approximate surface area is 129 Å². The summed E-state index contributed by atoms with van der Waals surface area (Å²) in [6.45, 7) is 4.76. The maximum Gasteiger partial charge on any atom is 0.125 e. The van der Waals surface area contributed by atoms with E-state index in [0.29, 0.717) is 0 Å². The maximum atomic E-state index is 4.77. The van der Waals surface area contributed by atoms with Gasteiger partial charge in [-0.3, -0.25) is 9.88 Å². The Kier molecular flexibility index (Phi) is 3.31. The summed E-state index contributed by atoms with van der Waals surface area (Å²) in [6, 6.07) is 12.5. The van der Waals surface area contributed by atoms with Gasteiger partial charge in [0.15, 0.2) is 0 Å². The van der Waals surface area contributed by atoms with E-state index in [4.69, 9.17) is 4.98 Å². The second-order valence-corrected chi connectivity index (χ2v) is 5.85. The first-order valence-corrected chi connectivity index (χ1v) is 7.66. The van der Waals surface area contributed by atoms with Crippen LogP contribution in [0.3, 0.4) is 0 Å². The predicted molar refractivity (Wildman–Crippen MR) is 86.3 cm³/mol. The fraction of sp³-hybridized carbons (Fsp3) is 0.278. The fourth-order valence-electron chi connectivity index (χ4n) is 3.03. The standard InChI is InChI=1S/C18H18N4/c1-13-19-10-15-11-22(9-8-18(15)20-13)12-16-7-6-14-4-2-3-5-17(14)21-16/h2-7,10H,8-9,11-12H2,1H3. The van der Waals surface area contributed by atoms with Gasteiger partial charge in [0.05, 0.1) is 11.2 Å². The van der Waals surface area contributed by atoms with Crippen molar-refractivity contribution in [1.29, 1.82) is 0 Å². The van der Waals surface area contributed by atoms with Crippen molar-refractivity contribution in [2.75, 3.05) is 6.54 Å². The molecule has 0 aliphatic carbocycles. The lowest BCUT2D eigenvalue weighted by Crippen LogP contribution is -2.31. The summed E-state index contributed by atoms with van der Waals surface area (Å²) in [5.41, 5.74) is 4.64. The molecule has 0 fully saturated rings. The number of hydrogen-bond donors (Lipinski definition) is 0. The molecule has 0 bridgehead atoms. The highest BCUT2D eigenvalue weighted by atomic mass is 15.1. The minimum Gasteiger partial charge on any atom is -0.293 e. The van der Waals surface area contributed by atoms with Gasteiger partial charge >= 0.3 is 0 Å². The predicted octanol–water partition coefficient (Wildman–Crippen LogP) is 2.89. The summed E-state index contributed by atoms with van der Waals surface area (Å²) in [5, 5.41) is 1.19. The largest absolute Gasteiger partial charge is 0.293 e. The third-order valence-electron chi connectivity index (χ3n) is 4.18. The van der Waals surface area contributed by atoms with Crippen LogP contribution in [0.4, 0.5) is 0 Å². The third-order valence-corrected chi connectivity index (χ3v) is 4.18. The van der Waals surface area contributed by atoms with E-state index >= 15 is 0 Å². The van der Waals surface area contributed by atoms with Crippen LogP contribution in [0.25, 0.3) is 10.9 Å². The molecule has 1 aliphatic rings. The van der Waals surface area contributed by atoms with Gasteiger partial charge in [0.25, 0.3) is 0 Å². The van der Waals surface area contributed by atoms with E-state index in [1.54, 1.807) is 0 Å². The minimum absolute atomic E-state index is 0.864. The van der Waals surface area contributed by atoms with Crippen LogP contribution in [0.1, 0.15) is 22.8 Å². The van der Waals surface area contributed by atoms with Crippen LogP contribution in [-0.2, 0) is 19.5 Å². The Hall–Kier alpha value is -2.33. The van der Waals surface area contributed by atoms with Crippen molar-refractivity contribution >= 4 is 10.9 Å². The number of fused-ring (bicyclic) bond motifs is 2. The van der Waals surface area contributed by atoms with Gasteiger partial charge < -0.3 is 0 Å². The Morgan fingerprint density at radius 1 is 1.09 bits per heavy atom. The first kappa shape index (κ1) is 13.3. The average molecular weight is 290 g/mol. The van der Waals surface area contributed by atoms with Crippen LogP contribution < -0.4 is 0 Å². The molecular weight excluding hydrogens is 272 g/mol. The zero-order chi connectivity index (χ0) is 14.9. The topological polar surface area (TPSA) is 41.9 Å². The van der Waals surface area contributed by atoms with Gasteiger partial charge in [0, 0.05) is 48.9 Å². The van der Waals surface area contributed by atoms with E-state index in [0.717, 1.165) is 43.1 Å². The fourth-order valence-corrected chi connectivity index (χ4v) is 3.03. The van der Waals surface area contributed by atoms with Crippen molar-refractivity contribution in [2.45, 2.75) is 26.4 Å². The van der Waals surface area contributed by atoms with E-state index in [9.17, 15) is 0 Å². The monoisotopic (exact) mass is 290 g/mol. The molecule has 2 aromatic heterocycles. The van der Waals surface area contributed by atoms with Gasteiger partial charge in [-0.15, -0.1) is 0 Å². The number of aromatic nitrogens is 3.